The van der Waals surface area contributed by atoms with E-state index in [0.29, 0.717) is 42.7 Å². The van der Waals surface area contributed by atoms with Crippen LogP contribution < -0.4 is 14.8 Å². The highest BCUT2D eigenvalue weighted by Crippen LogP contribution is 2.35. The van der Waals surface area contributed by atoms with Gasteiger partial charge < -0.3 is 14.8 Å². The first-order chi connectivity index (χ1) is 17.3. The van der Waals surface area contributed by atoms with Gasteiger partial charge in [0.15, 0.2) is 6.29 Å². The van der Waals surface area contributed by atoms with Gasteiger partial charge in [-0.3, -0.25) is 9.59 Å². The molecule has 1 amide bonds. The van der Waals surface area contributed by atoms with Crippen molar-refractivity contribution in [2.24, 2.45) is 0 Å². The number of aromatic nitrogens is 1. The molecule has 0 aliphatic rings. The Labute approximate surface area is 222 Å². The number of amides is 1. The number of nitrogens with one attached hydrogen (secondary N) is 1. The van der Waals surface area contributed by atoms with Gasteiger partial charge in [-0.1, -0.05) is 35.3 Å². The van der Waals surface area contributed by atoms with Crippen LogP contribution in [0.3, 0.4) is 0 Å². The zero-order valence-electron chi connectivity index (χ0n) is 19.7. The third kappa shape index (κ3) is 5.38. The number of benzene rings is 3. The predicted molar refractivity (Wildman–Crippen MR) is 144 cm³/mol. The summed E-state index contributed by atoms with van der Waals surface area (Å²) in [6, 6.07) is 16.2. The van der Waals surface area contributed by atoms with E-state index < -0.39 is 0 Å². The third-order valence-corrected chi connectivity index (χ3v) is 7.31. The van der Waals surface area contributed by atoms with Gasteiger partial charge in [-0.25, -0.2) is 4.98 Å². The normalized spacial score (nSPS) is 10.7. The summed E-state index contributed by atoms with van der Waals surface area (Å²) in [7, 11) is 3.10. The number of rotatable bonds is 8. The highest BCUT2D eigenvalue weighted by molar-refractivity contribution is 7.17. The molecule has 1 aromatic heterocycles. The molecular weight excluding hydrogens is 519 g/mol. The Morgan fingerprint density at radius 1 is 1.00 bits per heavy atom. The lowest BCUT2D eigenvalue weighted by Gasteiger charge is -2.13. The van der Waals surface area contributed by atoms with Crippen molar-refractivity contribution < 1.29 is 19.1 Å². The second-order valence-electron chi connectivity index (χ2n) is 7.84. The van der Waals surface area contributed by atoms with E-state index in [1.807, 2.05) is 24.3 Å². The molecule has 0 spiro atoms. The van der Waals surface area contributed by atoms with E-state index in [2.05, 4.69) is 10.3 Å². The number of aldehydes is 1. The lowest BCUT2D eigenvalue weighted by molar-refractivity contribution is 0.0953. The molecule has 4 aromatic rings. The summed E-state index contributed by atoms with van der Waals surface area (Å²) in [5.41, 5.74) is 4.29. The van der Waals surface area contributed by atoms with Crippen LogP contribution in [0.4, 0.5) is 0 Å². The van der Waals surface area contributed by atoms with Crippen LogP contribution in [-0.2, 0) is 6.54 Å². The van der Waals surface area contributed by atoms with Crippen LogP contribution in [0.5, 0.6) is 11.5 Å². The number of aryl methyl sites for hydroxylation is 1. The van der Waals surface area contributed by atoms with Gasteiger partial charge in [-0.2, -0.15) is 0 Å². The van der Waals surface area contributed by atoms with Crippen molar-refractivity contribution in [3.05, 3.63) is 86.3 Å². The molecule has 0 bridgehead atoms. The van der Waals surface area contributed by atoms with Gasteiger partial charge in [0.05, 0.1) is 30.5 Å². The highest BCUT2D eigenvalue weighted by Gasteiger charge is 2.18. The number of thiazole rings is 1. The van der Waals surface area contributed by atoms with Crippen molar-refractivity contribution in [2.45, 2.75) is 13.5 Å². The van der Waals surface area contributed by atoms with Crippen LogP contribution in [0.15, 0.2) is 54.6 Å². The minimum absolute atomic E-state index is 0.237. The van der Waals surface area contributed by atoms with Crippen LogP contribution in [0, 0.1) is 6.92 Å². The van der Waals surface area contributed by atoms with Crippen LogP contribution in [0.25, 0.3) is 21.7 Å². The average molecular weight is 541 g/mol. The number of hydrogen-bond donors (Lipinski definition) is 1. The van der Waals surface area contributed by atoms with Crippen LogP contribution in [-0.4, -0.2) is 31.4 Å². The maximum Gasteiger partial charge on any atom is 0.263 e. The molecule has 0 aliphatic heterocycles. The molecule has 0 atom stereocenters. The third-order valence-electron chi connectivity index (χ3n) is 5.57. The maximum atomic E-state index is 13.0. The molecule has 1 N–H and O–H groups in total. The van der Waals surface area contributed by atoms with Gasteiger partial charge in [0, 0.05) is 22.7 Å². The first-order valence-electron chi connectivity index (χ1n) is 10.9. The summed E-state index contributed by atoms with van der Waals surface area (Å²) in [5.74, 6) is 0.897. The summed E-state index contributed by atoms with van der Waals surface area (Å²) >= 11 is 13.6. The first-order valence-corrected chi connectivity index (χ1v) is 12.4. The van der Waals surface area contributed by atoms with Crippen LogP contribution in [0.2, 0.25) is 10.0 Å². The van der Waals surface area contributed by atoms with E-state index in [4.69, 9.17) is 32.7 Å². The van der Waals surface area contributed by atoms with Crippen molar-refractivity contribution in [3.63, 3.8) is 0 Å². The van der Waals surface area contributed by atoms with Crippen molar-refractivity contribution in [1.82, 2.24) is 10.3 Å². The fourth-order valence-electron chi connectivity index (χ4n) is 3.74. The van der Waals surface area contributed by atoms with E-state index in [0.717, 1.165) is 28.5 Å². The lowest BCUT2D eigenvalue weighted by atomic mass is 10.00. The van der Waals surface area contributed by atoms with Crippen molar-refractivity contribution in [3.8, 4) is 33.2 Å². The Bertz CT molecular complexity index is 1450. The molecule has 0 fully saturated rings. The number of halogens is 2. The summed E-state index contributed by atoms with van der Waals surface area (Å²) in [5, 5.41) is 4.61. The van der Waals surface area contributed by atoms with Gasteiger partial charge in [0.25, 0.3) is 5.91 Å². The quantitative estimate of drug-likeness (QED) is 0.247. The molecule has 0 saturated carbocycles. The smallest absolute Gasteiger partial charge is 0.263 e. The van der Waals surface area contributed by atoms with E-state index >= 15 is 0 Å². The highest BCUT2D eigenvalue weighted by atomic mass is 35.5. The Kier molecular flexibility index (Phi) is 7.94. The van der Waals surface area contributed by atoms with E-state index in [1.54, 1.807) is 44.4 Å². The summed E-state index contributed by atoms with van der Waals surface area (Å²) in [4.78, 5) is 29.5. The standard InChI is InChI=1S/C27H22Cl2N2O4S/c1-15-25(36-27(31-15)21-7-6-20(28)12-22(21)29)26(33)30-13-18-10-16(4-8-23(18)34-2)17-5-9-24(35-3)19(11-17)14-32/h4-12,14H,13H2,1-3H3,(H,30,33). The summed E-state index contributed by atoms with van der Waals surface area (Å²) in [6.07, 6.45) is 0.760. The Hall–Kier alpha value is -3.39. The molecule has 0 unspecified atom stereocenters. The number of ether oxygens (including phenoxy) is 2. The number of hydrogen-bond acceptors (Lipinski definition) is 6. The zero-order valence-corrected chi connectivity index (χ0v) is 22.1. The van der Waals surface area contributed by atoms with Gasteiger partial charge in [-0.05, 0) is 60.5 Å². The molecule has 6 nitrogen and oxygen atoms in total. The zero-order chi connectivity index (χ0) is 25.8. The van der Waals surface area contributed by atoms with Crippen molar-refractivity contribution in [2.75, 3.05) is 14.2 Å². The fourth-order valence-corrected chi connectivity index (χ4v) is 5.32. The molecular formula is C27H22Cl2N2O4S. The molecule has 0 aliphatic carbocycles. The summed E-state index contributed by atoms with van der Waals surface area (Å²) < 4.78 is 10.7. The second kappa shape index (κ2) is 11.1. The lowest BCUT2D eigenvalue weighted by Crippen LogP contribution is -2.22. The molecule has 3 aromatic carbocycles. The van der Waals surface area contributed by atoms with Crippen LogP contribution in [0.1, 0.15) is 31.3 Å². The minimum Gasteiger partial charge on any atom is -0.496 e. The molecule has 184 valence electrons. The van der Waals surface area contributed by atoms with Crippen molar-refractivity contribution in [1.29, 1.82) is 0 Å². The molecule has 36 heavy (non-hydrogen) atoms. The summed E-state index contributed by atoms with van der Waals surface area (Å²) in [6.45, 7) is 2.02. The number of methoxy groups -OCH3 is 2. The SMILES string of the molecule is COc1ccc(-c2ccc(OC)c(CNC(=O)c3sc(-c4ccc(Cl)cc4Cl)nc3C)c2)cc1C=O. The molecule has 9 heteroatoms. The minimum atomic E-state index is -0.249. The average Bonchev–Trinajstić information content (AvgIpc) is 3.27. The van der Waals surface area contributed by atoms with Gasteiger partial charge >= 0.3 is 0 Å². The van der Waals surface area contributed by atoms with E-state index in [1.165, 1.54) is 18.4 Å². The van der Waals surface area contributed by atoms with Crippen molar-refractivity contribution >= 4 is 46.7 Å². The fraction of sp³-hybridized carbons (Fsp3) is 0.148. The van der Waals surface area contributed by atoms with E-state index in [-0.39, 0.29) is 12.5 Å². The molecule has 1 heterocycles. The number of carbonyl (C=O) groups excluding carboxylic acids is 2. The molecule has 0 radical (unpaired) electrons. The van der Waals surface area contributed by atoms with Gasteiger partial charge in [-0.15, -0.1) is 11.3 Å². The van der Waals surface area contributed by atoms with E-state index in [9.17, 15) is 9.59 Å². The molecule has 0 saturated heterocycles. The Morgan fingerprint density at radius 2 is 1.69 bits per heavy atom. The number of carbonyl (C=O) groups is 2. The Morgan fingerprint density at radius 3 is 2.36 bits per heavy atom. The predicted octanol–water partition coefficient (Wildman–Crippen LogP) is 6.85. The topological polar surface area (TPSA) is 77.5 Å². The number of nitrogens with zero attached hydrogens (tertiary/aromatic N) is 1. The van der Waals surface area contributed by atoms with Crippen LogP contribution >= 0.6 is 34.5 Å². The maximum absolute atomic E-state index is 13.0. The van der Waals surface area contributed by atoms with Gasteiger partial charge in [0.1, 0.15) is 21.4 Å². The first kappa shape index (κ1) is 25.7. The largest absolute Gasteiger partial charge is 0.496 e. The monoisotopic (exact) mass is 540 g/mol. The Balaban J connectivity index is 1.56. The second-order valence-corrected chi connectivity index (χ2v) is 9.68. The molecule has 4 rings (SSSR count). The van der Waals surface area contributed by atoms with Gasteiger partial charge in [0.2, 0.25) is 0 Å².